The summed E-state index contributed by atoms with van der Waals surface area (Å²) in [4.78, 5) is 30.6. The third-order valence-corrected chi connectivity index (χ3v) is 7.51. The highest BCUT2D eigenvalue weighted by molar-refractivity contribution is 7.47. The molecule has 0 bridgehead atoms. The number of rotatable bonds is 23. The molecular formula is C30H47N4O10P. The van der Waals surface area contributed by atoms with Crippen LogP contribution in [0.5, 0.6) is 0 Å². The Labute approximate surface area is 264 Å². The number of esters is 1. The van der Waals surface area contributed by atoms with Gasteiger partial charge in [-0.1, -0.05) is 31.5 Å². The van der Waals surface area contributed by atoms with Gasteiger partial charge in [0, 0.05) is 25.3 Å². The van der Waals surface area contributed by atoms with E-state index in [2.05, 4.69) is 11.9 Å². The van der Waals surface area contributed by atoms with E-state index in [-0.39, 0.29) is 52.3 Å². The first-order valence-corrected chi connectivity index (χ1v) is 16.8. The van der Waals surface area contributed by atoms with Crippen molar-refractivity contribution in [2.24, 2.45) is 0 Å². The Morgan fingerprint density at radius 1 is 0.978 bits per heavy atom. The molecule has 3 rings (SSSR count). The molecule has 3 N–H and O–H groups in total. The van der Waals surface area contributed by atoms with Gasteiger partial charge in [-0.15, -0.1) is 0 Å². The first-order chi connectivity index (χ1) is 21.6. The number of nitrogens with two attached hydrogens (primary N) is 1. The summed E-state index contributed by atoms with van der Waals surface area (Å²) >= 11 is 0. The van der Waals surface area contributed by atoms with Crippen LogP contribution in [0.15, 0.2) is 24.3 Å². The van der Waals surface area contributed by atoms with Gasteiger partial charge in [0.15, 0.2) is 5.82 Å². The third kappa shape index (κ3) is 12.6. The number of hydrogen-bond donors (Lipinski definition) is 2. The second-order valence-corrected chi connectivity index (χ2v) is 12.0. The van der Waals surface area contributed by atoms with Crippen molar-refractivity contribution in [1.29, 1.82) is 0 Å². The van der Waals surface area contributed by atoms with Crippen molar-refractivity contribution < 1.29 is 47.0 Å². The fourth-order valence-corrected chi connectivity index (χ4v) is 5.17. The van der Waals surface area contributed by atoms with Gasteiger partial charge in [0.25, 0.3) is 0 Å². The van der Waals surface area contributed by atoms with Crippen LogP contribution < -0.4 is 5.73 Å². The lowest BCUT2D eigenvalue weighted by atomic mass is 10.2. The van der Waals surface area contributed by atoms with Crippen molar-refractivity contribution >= 4 is 41.5 Å². The third-order valence-electron chi connectivity index (χ3n) is 6.49. The molecule has 45 heavy (non-hydrogen) atoms. The number of aromatic nitrogens is 3. The predicted octanol–water partition coefficient (Wildman–Crippen LogP) is 4.05. The molecule has 0 saturated heterocycles. The zero-order valence-electron chi connectivity index (χ0n) is 26.6. The van der Waals surface area contributed by atoms with Crippen molar-refractivity contribution in [2.45, 2.75) is 65.7 Å². The molecule has 0 aliphatic rings. The Morgan fingerprint density at radius 2 is 1.64 bits per heavy atom. The lowest BCUT2D eigenvalue weighted by Crippen LogP contribution is -2.29. The molecule has 15 heteroatoms. The second kappa shape index (κ2) is 19.1. The van der Waals surface area contributed by atoms with E-state index in [0.29, 0.717) is 31.2 Å². The number of fused-ring (bicyclic) bond motifs is 3. The van der Waals surface area contributed by atoms with Crippen LogP contribution in [-0.2, 0) is 55.1 Å². The fourth-order valence-electron chi connectivity index (χ4n) is 4.47. The quantitative estimate of drug-likeness (QED) is 0.0852. The van der Waals surface area contributed by atoms with Crippen LogP contribution in [0.1, 0.15) is 46.4 Å². The van der Waals surface area contributed by atoms with Crippen LogP contribution in [0.4, 0.5) is 5.82 Å². The number of nitrogens with zero attached hydrogens (tertiary/aromatic N) is 3. The van der Waals surface area contributed by atoms with Gasteiger partial charge in [-0.3, -0.25) is 13.8 Å². The number of unbranched alkanes of at least 4 members (excludes halogenated alkanes) is 1. The molecule has 2 heterocycles. The van der Waals surface area contributed by atoms with Gasteiger partial charge < -0.3 is 38.9 Å². The lowest BCUT2D eigenvalue weighted by molar-refractivity contribution is -0.155. The Morgan fingerprint density at radius 3 is 2.33 bits per heavy atom. The highest BCUT2D eigenvalue weighted by atomic mass is 31.2. The molecule has 0 amide bonds. The summed E-state index contributed by atoms with van der Waals surface area (Å²) in [5, 5.41) is 0.897. The maximum Gasteiger partial charge on any atom is 0.472 e. The number of anilines is 1. The summed E-state index contributed by atoms with van der Waals surface area (Å²) in [6.07, 6.45) is 2.19. The summed E-state index contributed by atoms with van der Waals surface area (Å²) in [6.45, 7) is 9.06. The van der Waals surface area contributed by atoms with E-state index in [4.69, 9.17) is 43.4 Å². The number of hydrogen-bond acceptors (Lipinski definition) is 12. The summed E-state index contributed by atoms with van der Waals surface area (Å²) in [5.41, 5.74) is 8.41. The molecule has 0 radical (unpaired) electrons. The van der Waals surface area contributed by atoms with Crippen molar-refractivity contribution in [3.63, 3.8) is 0 Å². The van der Waals surface area contributed by atoms with Crippen LogP contribution >= 0.6 is 7.82 Å². The van der Waals surface area contributed by atoms with Gasteiger partial charge in [0.2, 0.25) is 0 Å². The number of benzene rings is 1. The Balaban J connectivity index is 1.34. The van der Waals surface area contributed by atoms with Gasteiger partial charge in [0.1, 0.15) is 17.4 Å². The average molecular weight is 655 g/mol. The molecule has 0 saturated carbocycles. The van der Waals surface area contributed by atoms with E-state index in [1.54, 1.807) is 0 Å². The monoisotopic (exact) mass is 654 g/mol. The zero-order chi connectivity index (χ0) is 32.7. The molecule has 2 aromatic heterocycles. The van der Waals surface area contributed by atoms with Crippen molar-refractivity contribution in [2.75, 3.05) is 65.2 Å². The number of carbonyl (C=O) groups excluding carboxylic acids is 1. The number of carbonyl (C=O) groups is 1. The largest absolute Gasteiger partial charge is 0.472 e. The van der Waals surface area contributed by atoms with E-state index < -0.39 is 19.9 Å². The van der Waals surface area contributed by atoms with E-state index in [0.717, 1.165) is 41.5 Å². The summed E-state index contributed by atoms with van der Waals surface area (Å²) in [6, 6.07) is 7.66. The van der Waals surface area contributed by atoms with E-state index >= 15 is 0 Å². The minimum atomic E-state index is -4.31. The minimum absolute atomic E-state index is 0.0199. The average Bonchev–Trinajstić information content (AvgIpc) is 3.36. The second-order valence-electron chi connectivity index (χ2n) is 10.5. The summed E-state index contributed by atoms with van der Waals surface area (Å²) < 4.78 is 51.8. The predicted molar refractivity (Wildman–Crippen MR) is 169 cm³/mol. The normalized spacial score (nSPS) is 13.9. The fraction of sp³-hybridized carbons (Fsp3) is 0.633. The first-order valence-electron chi connectivity index (χ1n) is 15.3. The number of para-hydroxylation sites is 1. The van der Waals surface area contributed by atoms with Gasteiger partial charge in [-0.05, 0) is 26.3 Å². The highest BCUT2D eigenvalue weighted by Gasteiger charge is 2.22. The summed E-state index contributed by atoms with van der Waals surface area (Å²) in [5.74, 6) is 0.766. The lowest BCUT2D eigenvalue weighted by Gasteiger charge is -2.18. The molecule has 252 valence electrons. The number of ether oxygens (including phenoxy) is 5. The molecule has 1 aromatic carbocycles. The van der Waals surface area contributed by atoms with Crippen molar-refractivity contribution in [1.82, 2.24) is 14.5 Å². The van der Waals surface area contributed by atoms with E-state index in [1.807, 2.05) is 42.7 Å². The Kier molecular flexibility index (Phi) is 15.6. The number of imidazole rings is 1. The molecule has 0 aliphatic heterocycles. The number of phosphoric acid groups is 1. The van der Waals surface area contributed by atoms with Gasteiger partial charge in [-0.25, -0.2) is 14.5 Å². The molecule has 0 fully saturated rings. The molecule has 0 spiro atoms. The van der Waals surface area contributed by atoms with Crippen molar-refractivity contribution in [3.05, 3.63) is 30.1 Å². The van der Waals surface area contributed by atoms with E-state index in [1.165, 1.54) is 6.92 Å². The summed E-state index contributed by atoms with van der Waals surface area (Å²) in [7, 11) is -4.31. The minimum Gasteiger partial charge on any atom is -0.458 e. The van der Waals surface area contributed by atoms with Crippen molar-refractivity contribution in [3.8, 4) is 0 Å². The maximum absolute atomic E-state index is 12.5. The molecule has 2 atom stereocenters. The molecular weight excluding hydrogens is 607 g/mol. The molecule has 0 aliphatic carbocycles. The zero-order valence-corrected chi connectivity index (χ0v) is 27.5. The van der Waals surface area contributed by atoms with Crippen LogP contribution in [0.25, 0.3) is 21.9 Å². The van der Waals surface area contributed by atoms with Crippen LogP contribution in [0.2, 0.25) is 0 Å². The smallest absolute Gasteiger partial charge is 0.458 e. The van der Waals surface area contributed by atoms with Crippen LogP contribution in [-0.4, -0.2) is 97.1 Å². The number of aryl methyl sites for hydroxylation is 1. The number of nitrogen functional groups attached to an aromatic ring is 1. The van der Waals surface area contributed by atoms with Crippen LogP contribution in [0.3, 0.4) is 0 Å². The Bertz CT molecular complexity index is 1390. The van der Waals surface area contributed by atoms with Gasteiger partial charge >= 0.3 is 13.8 Å². The standard InChI is InChI=1S/C30H47N4O10P/c1-5-6-11-27-33-28-29(25-9-7-8-10-26(25)32-30(28)31)34(27)12-13-42-45(36,37)43-19-18-39-15-14-38-16-17-40-20-24(44-23(4)35)21-41-22(2)3/h7-10,22,24H,5-6,11-21H2,1-4H3,(H2,31,32)(H,36,37)/t24-/m0/s1. The molecule has 3 aromatic rings. The highest BCUT2D eigenvalue weighted by Crippen LogP contribution is 2.43. The van der Waals surface area contributed by atoms with E-state index in [9.17, 15) is 14.3 Å². The topological polar surface area (TPSA) is 176 Å². The van der Waals surface area contributed by atoms with Gasteiger partial charge in [0.05, 0.1) is 76.6 Å². The van der Waals surface area contributed by atoms with Crippen LogP contribution in [0, 0.1) is 0 Å². The maximum atomic E-state index is 12.5. The molecule has 14 nitrogen and oxygen atoms in total. The SMILES string of the molecule is CCCCc1nc2c(N)nc3ccccc3c2n1CCOP(=O)(O)OCCOCCOCCOC[C@@H](COC(C)C)OC(C)=O. The Hall–Kier alpha value is -2.68. The number of phosphoric ester groups is 1. The number of pyridine rings is 1. The van der Waals surface area contributed by atoms with Gasteiger partial charge in [-0.2, -0.15) is 0 Å². The molecule has 1 unspecified atom stereocenters. The first kappa shape index (κ1) is 36.8.